The first-order valence-electron chi connectivity index (χ1n) is 21.2. The lowest BCUT2D eigenvalue weighted by molar-refractivity contribution is -0.116. The summed E-state index contributed by atoms with van der Waals surface area (Å²) in [7, 11) is 5.79. The monoisotopic (exact) mass is 880 g/mol. The smallest absolute Gasteiger partial charge is 0.337 e. The van der Waals surface area contributed by atoms with Gasteiger partial charge < -0.3 is 39.0 Å². The number of halogens is 2. The maximum Gasteiger partial charge on any atom is 0.337 e. The van der Waals surface area contributed by atoms with Gasteiger partial charge >= 0.3 is 5.97 Å². The summed E-state index contributed by atoms with van der Waals surface area (Å²) < 4.78 is 12.0. The van der Waals surface area contributed by atoms with Crippen molar-refractivity contribution < 1.29 is 24.2 Å². The van der Waals surface area contributed by atoms with Gasteiger partial charge in [0.25, 0.3) is 5.91 Å². The molecule has 1 unspecified atom stereocenters. The third kappa shape index (κ3) is 7.84. The van der Waals surface area contributed by atoms with Gasteiger partial charge in [0.2, 0.25) is 5.91 Å². The van der Waals surface area contributed by atoms with Crippen molar-refractivity contribution in [1.29, 1.82) is 0 Å². The Morgan fingerprint density at radius 1 is 0.935 bits per heavy atom. The SMILES string of the molecule is Cc1cc(OCCCc2c3n(c4c(-c5c(C)nn(C)c5C)c(Cl)ccc24)C(C)CN(c2cc(NC(=O)CCN4CCN(C)CC4)cc4c(C(=O)O)cn(C)c24)C3=O)cc(C)c1Cl. The predicted octanol–water partition coefficient (Wildman–Crippen LogP) is 8.58. The van der Waals surface area contributed by atoms with Crippen LogP contribution in [0.5, 0.6) is 5.75 Å². The van der Waals surface area contributed by atoms with Gasteiger partial charge in [0.1, 0.15) is 11.4 Å². The Bertz CT molecular complexity index is 2750. The average Bonchev–Trinajstić information content (AvgIpc) is 3.83. The molecule has 13 nitrogen and oxygen atoms in total. The number of carboxylic acids is 1. The van der Waals surface area contributed by atoms with Crippen LogP contribution in [0.4, 0.5) is 11.4 Å². The first-order valence-corrected chi connectivity index (χ1v) is 21.9. The molecule has 3 aromatic carbocycles. The summed E-state index contributed by atoms with van der Waals surface area (Å²) in [4.78, 5) is 47.9. The van der Waals surface area contributed by atoms with E-state index in [4.69, 9.17) is 33.0 Å². The lowest BCUT2D eigenvalue weighted by Crippen LogP contribution is -2.45. The number of hydrogen-bond acceptors (Lipinski definition) is 7. The van der Waals surface area contributed by atoms with E-state index < -0.39 is 5.97 Å². The number of aromatic carboxylic acids is 1. The molecule has 8 rings (SSSR count). The molecule has 0 saturated carbocycles. The number of ether oxygens (including phenoxy) is 1. The number of carbonyl (C=O) groups excluding carboxylic acids is 2. The van der Waals surface area contributed by atoms with Gasteiger partial charge in [-0.3, -0.25) is 14.3 Å². The standard InChI is InChI=1S/C47H54Cl2N8O5/c1-26-20-32(21-27(2)42(26)49)62-19-9-10-33-34-11-12-37(48)41(40-29(4)51-54(8)30(40)5)44(34)57-28(3)24-56(46(59)45(33)57)38-23-31(22-35-36(47(60)61)25-53(7)43(35)38)50-39(58)13-14-55-17-15-52(6)16-18-55/h11-12,20-23,25,28H,9-10,13-19,24H2,1-8H3,(H,50,58)(H,60,61). The summed E-state index contributed by atoms with van der Waals surface area (Å²) in [5.74, 6) is -0.783. The lowest BCUT2D eigenvalue weighted by Gasteiger charge is -2.35. The van der Waals surface area contributed by atoms with Crippen LogP contribution in [0.3, 0.4) is 0 Å². The number of fused-ring (bicyclic) bond motifs is 4. The topological polar surface area (TPSA) is 130 Å². The van der Waals surface area contributed by atoms with Gasteiger partial charge in [-0.25, -0.2) is 4.79 Å². The predicted molar refractivity (Wildman–Crippen MR) is 247 cm³/mol. The van der Waals surface area contributed by atoms with E-state index in [1.807, 2.05) is 63.7 Å². The molecule has 6 aromatic rings. The molecule has 2 aliphatic rings. The number of carboxylic acid groups (broad SMARTS) is 1. The summed E-state index contributed by atoms with van der Waals surface area (Å²) in [6.45, 7) is 15.0. The number of benzene rings is 3. The Labute approximate surface area is 371 Å². The van der Waals surface area contributed by atoms with E-state index in [2.05, 4.69) is 33.7 Å². The number of amides is 2. The number of nitrogens with one attached hydrogen (secondary N) is 1. The molecule has 1 fully saturated rings. The van der Waals surface area contributed by atoms with Crippen LogP contribution in [0.1, 0.15) is 74.7 Å². The van der Waals surface area contributed by atoms with E-state index in [-0.39, 0.29) is 36.4 Å². The number of aromatic nitrogens is 4. The highest BCUT2D eigenvalue weighted by Crippen LogP contribution is 2.46. The fourth-order valence-corrected chi connectivity index (χ4v) is 9.82. The largest absolute Gasteiger partial charge is 0.494 e. The zero-order valence-corrected chi connectivity index (χ0v) is 38.2. The van der Waals surface area contributed by atoms with Gasteiger partial charge in [-0.2, -0.15) is 5.10 Å². The fraction of sp³-hybridized carbons (Fsp3) is 0.404. The molecular weight excluding hydrogens is 827 g/mol. The van der Waals surface area contributed by atoms with E-state index in [0.29, 0.717) is 59.0 Å². The molecule has 1 saturated heterocycles. The molecule has 0 aliphatic carbocycles. The highest BCUT2D eigenvalue weighted by atomic mass is 35.5. The van der Waals surface area contributed by atoms with Gasteiger partial charge in [0.15, 0.2) is 0 Å². The average molecular weight is 882 g/mol. The van der Waals surface area contributed by atoms with E-state index in [1.165, 1.54) is 0 Å². The van der Waals surface area contributed by atoms with Crippen LogP contribution >= 0.6 is 23.2 Å². The number of likely N-dealkylation sites (N-methyl/N-ethyl adjacent to an activating group) is 1. The van der Waals surface area contributed by atoms with Gasteiger partial charge in [0.05, 0.1) is 39.6 Å². The lowest BCUT2D eigenvalue weighted by atomic mass is 9.98. The molecule has 62 heavy (non-hydrogen) atoms. The Kier molecular flexibility index (Phi) is 11.9. The quantitative estimate of drug-likeness (QED) is 0.117. The summed E-state index contributed by atoms with van der Waals surface area (Å²) in [5.41, 5.74) is 9.29. The van der Waals surface area contributed by atoms with Crippen molar-refractivity contribution in [2.45, 2.75) is 59.9 Å². The summed E-state index contributed by atoms with van der Waals surface area (Å²) >= 11 is 13.6. The van der Waals surface area contributed by atoms with Crippen LogP contribution in [0.15, 0.2) is 42.6 Å². The number of piperazine rings is 1. The normalized spacial score (nSPS) is 16.1. The molecule has 2 amide bonds. The van der Waals surface area contributed by atoms with E-state index in [1.54, 1.807) is 34.8 Å². The molecule has 2 N–H and O–H groups in total. The Morgan fingerprint density at radius 2 is 1.65 bits per heavy atom. The minimum absolute atomic E-state index is 0.0807. The van der Waals surface area contributed by atoms with Crippen LogP contribution < -0.4 is 15.0 Å². The van der Waals surface area contributed by atoms with Crippen molar-refractivity contribution in [3.63, 3.8) is 0 Å². The van der Waals surface area contributed by atoms with Crippen LogP contribution in [0.25, 0.3) is 32.9 Å². The molecule has 15 heteroatoms. The summed E-state index contributed by atoms with van der Waals surface area (Å²) in [5, 5.41) is 20.7. The number of hydrogen-bond donors (Lipinski definition) is 2. The maximum atomic E-state index is 15.5. The van der Waals surface area contributed by atoms with Crippen LogP contribution in [-0.4, -0.2) is 105 Å². The minimum atomic E-state index is -1.10. The van der Waals surface area contributed by atoms with Crippen molar-refractivity contribution in [1.82, 2.24) is 28.7 Å². The number of nitrogens with zero attached hydrogens (tertiary/aromatic N) is 7. The molecule has 0 spiro atoms. The second-order valence-corrected chi connectivity index (χ2v) is 17.9. The first kappa shape index (κ1) is 43.3. The fourth-order valence-electron chi connectivity index (χ4n) is 9.46. The molecular formula is C47H54Cl2N8O5. The molecule has 0 radical (unpaired) electrons. The van der Waals surface area contributed by atoms with E-state index in [9.17, 15) is 14.7 Å². The molecule has 0 bridgehead atoms. The van der Waals surface area contributed by atoms with Crippen molar-refractivity contribution in [3.05, 3.63) is 92.0 Å². The number of rotatable bonds is 12. The van der Waals surface area contributed by atoms with Crippen molar-refractivity contribution >= 4 is 74.2 Å². The number of aryl methyl sites for hydroxylation is 6. The Hall–Kier alpha value is -5.34. The van der Waals surface area contributed by atoms with Gasteiger partial charge in [-0.1, -0.05) is 29.3 Å². The van der Waals surface area contributed by atoms with Gasteiger partial charge in [-0.05, 0) is 102 Å². The van der Waals surface area contributed by atoms with Crippen LogP contribution in [0.2, 0.25) is 10.0 Å². The number of carbonyl (C=O) groups is 3. The first-order chi connectivity index (χ1) is 29.5. The van der Waals surface area contributed by atoms with Crippen LogP contribution in [0, 0.1) is 27.7 Å². The Morgan fingerprint density at radius 3 is 2.31 bits per heavy atom. The zero-order chi connectivity index (χ0) is 44.3. The second kappa shape index (κ2) is 17.1. The third-order valence-corrected chi connectivity index (χ3v) is 13.6. The molecule has 2 aliphatic heterocycles. The highest BCUT2D eigenvalue weighted by molar-refractivity contribution is 6.35. The van der Waals surface area contributed by atoms with E-state index >= 15 is 4.79 Å². The van der Waals surface area contributed by atoms with Crippen molar-refractivity contribution in [2.24, 2.45) is 14.1 Å². The number of anilines is 2. The minimum Gasteiger partial charge on any atom is -0.494 e. The molecule has 3 aromatic heterocycles. The Balaban J connectivity index is 1.22. The zero-order valence-electron chi connectivity index (χ0n) is 36.7. The molecule has 5 heterocycles. The highest BCUT2D eigenvalue weighted by Gasteiger charge is 2.38. The molecule has 326 valence electrons. The summed E-state index contributed by atoms with van der Waals surface area (Å²) in [6, 6.07) is 11.0. The van der Waals surface area contributed by atoms with Gasteiger partial charge in [-0.15, -0.1) is 0 Å². The second-order valence-electron chi connectivity index (χ2n) is 17.1. The van der Waals surface area contributed by atoms with Crippen molar-refractivity contribution in [2.75, 3.05) is 63.1 Å². The van der Waals surface area contributed by atoms with Crippen LogP contribution in [-0.2, 0) is 25.3 Å². The summed E-state index contributed by atoms with van der Waals surface area (Å²) in [6.07, 6.45) is 2.97. The maximum absolute atomic E-state index is 15.5. The van der Waals surface area contributed by atoms with Gasteiger partial charge in [0, 0.05) is 110 Å². The van der Waals surface area contributed by atoms with E-state index in [0.717, 1.165) is 87.1 Å². The molecule has 1 atom stereocenters. The third-order valence-electron chi connectivity index (χ3n) is 12.7. The van der Waals surface area contributed by atoms with Crippen molar-refractivity contribution in [3.8, 4) is 16.9 Å².